The van der Waals surface area contributed by atoms with Crippen LogP contribution >= 0.6 is 0 Å². The lowest BCUT2D eigenvalue weighted by atomic mass is 9.99. The van der Waals surface area contributed by atoms with E-state index in [0.717, 1.165) is 68.8 Å². The van der Waals surface area contributed by atoms with Gasteiger partial charge in [-0.3, -0.25) is 4.79 Å². The second kappa shape index (κ2) is 11.1. The second-order valence-electron chi connectivity index (χ2n) is 9.03. The Balaban J connectivity index is 1.63. The highest BCUT2D eigenvalue weighted by Crippen LogP contribution is 2.40. The molecule has 34 heavy (non-hydrogen) atoms. The van der Waals surface area contributed by atoms with Crippen LogP contribution in [-0.4, -0.2) is 76.2 Å². The molecule has 2 aromatic rings. The topological polar surface area (TPSA) is 57.3 Å². The minimum absolute atomic E-state index is 0.0298. The van der Waals surface area contributed by atoms with Crippen molar-refractivity contribution in [1.82, 2.24) is 15.1 Å². The number of amides is 1. The summed E-state index contributed by atoms with van der Waals surface area (Å²) in [5.41, 5.74) is 4.30. The summed E-state index contributed by atoms with van der Waals surface area (Å²) in [6.07, 6.45) is 1.85. The third kappa shape index (κ3) is 4.86. The molecule has 0 unspecified atom stereocenters. The molecule has 0 bridgehead atoms. The summed E-state index contributed by atoms with van der Waals surface area (Å²) in [7, 11) is 5.26. The maximum atomic E-state index is 13.7. The number of hydrogen-bond acceptors (Lipinski definition) is 6. The normalized spacial score (nSPS) is 17.1. The molecule has 7 heteroatoms. The Morgan fingerprint density at radius 1 is 1.03 bits per heavy atom. The molecular formula is C27H38N4O3. The molecule has 1 amide bonds. The number of methoxy groups -OCH3 is 2. The third-order valence-electron chi connectivity index (χ3n) is 7.20. The monoisotopic (exact) mass is 466 g/mol. The van der Waals surface area contributed by atoms with Crippen LogP contribution in [0.2, 0.25) is 0 Å². The van der Waals surface area contributed by atoms with Gasteiger partial charge in [0.05, 0.1) is 20.3 Å². The van der Waals surface area contributed by atoms with E-state index < -0.39 is 0 Å². The first-order valence-corrected chi connectivity index (χ1v) is 12.4. The molecular weight excluding hydrogens is 428 g/mol. The number of anilines is 1. The van der Waals surface area contributed by atoms with E-state index in [2.05, 4.69) is 34.2 Å². The lowest BCUT2D eigenvalue weighted by Crippen LogP contribution is -2.46. The van der Waals surface area contributed by atoms with Crippen LogP contribution in [0.1, 0.15) is 47.3 Å². The first kappa shape index (κ1) is 24.4. The van der Waals surface area contributed by atoms with Crippen molar-refractivity contribution in [3.8, 4) is 11.5 Å². The number of likely N-dealkylation sites (N-methyl/N-ethyl adjacent to an activating group) is 1. The summed E-state index contributed by atoms with van der Waals surface area (Å²) < 4.78 is 11.0. The molecule has 2 aliphatic heterocycles. The molecule has 0 spiro atoms. The van der Waals surface area contributed by atoms with E-state index in [0.29, 0.717) is 18.0 Å². The maximum Gasteiger partial charge on any atom is 0.255 e. The van der Waals surface area contributed by atoms with Crippen molar-refractivity contribution in [3.63, 3.8) is 0 Å². The van der Waals surface area contributed by atoms with Crippen LogP contribution in [0.25, 0.3) is 0 Å². The summed E-state index contributed by atoms with van der Waals surface area (Å²) in [5, 5.41) is 3.24. The first-order valence-electron chi connectivity index (χ1n) is 12.4. The van der Waals surface area contributed by atoms with Crippen LogP contribution in [0.5, 0.6) is 11.5 Å². The van der Waals surface area contributed by atoms with Gasteiger partial charge in [-0.1, -0.05) is 19.1 Å². The zero-order valence-corrected chi connectivity index (χ0v) is 21.0. The van der Waals surface area contributed by atoms with E-state index in [1.54, 1.807) is 14.2 Å². The van der Waals surface area contributed by atoms with Crippen molar-refractivity contribution in [2.24, 2.45) is 0 Å². The van der Waals surface area contributed by atoms with Crippen LogP contribution < -0.4 is 19.7 Å². The summed E-state index contributed by atoms with van der Waals surface area (Å²) >= 11 is 0. The average Bonchev–Trinajstić information content (AvgIpc) is 3.22. The van der Waals surface area contributed by atoms with Gasteiger partial charge in [-0.2, -0.15) is 0 Å². The molecule has 7 nitrogen and oxygen atoms in total. The van der Waals surface area contributed by atoms with Gasteiger partial charge in [-0.15, -0.1) is 0 Å². The lowest BCUT2D eigenvalue weighted by molar-refractivity contribution is 0.0689. The van der Waals surface area contributed by atoms with Gasteiger partial charge in [-0.25, -0.2) is 0 Å². The molecule has 0 aliphatic carbocycles. The zero-order valence-electron chi connectivity index (χ0n) is 21.0. The highest BCUT2D eigenvalue weighted by Gasteiger charge is 2.36. The smallest absolute Gasteiger partial charge is 0.255 e. The molecule has 0 saturated carbocycles. The van der Waals surface area contributed by atoms with E-state index in [4.69, 9.17) is 9.47 Å². The Morgan fingerprint density at radius 3 is 2.47 bits per heavy atom. The van der Waals surface area contributed by atoms with Crippen LogP contribution in [0.3, 0.4) is 0 Å². The number of ether oxygens (including phenoxy) is 2. The van der Waals surface area contributed by atoms with Crippen molar-refractivity contribution < 1.29 is 14.3 Å². The quantitative estimate of drug-likeness (QED) is 0.541. The number of carbonyl (C=O) groups is 1. The van der Waals surface area contributed by atoms with E-state index in [1.807, 2.05) is 36.2 Å². The van der Waals surface area contributed by atoms with Crippen molar-refractivity contribution >= 4 is 11.6 Å². The van der Waals surface area contributed by atoms with Crippen molar-refractivity contribution in [2.45, 2.75) is 32.4 Å². The van der Waals surface area contributed by atoms with E-state index in [-0.39, 0.29) is 11.9 Å². The number of benzene rings is 2. The molecule has 2 aromatic carbocycles. The van der Waals surface area contributed by atoms with Crippen LogP contribution in [0, 0.1) is 0 Å². The Hall–Kier alpha value is -2.77. The van der Waals surface area contributed by atoms with E-state index in [1.165, 1.54) is 5.69 Å². The molecule has 2 aliphatic rings. The maximum absolute atomic E-state index is 13.7. The van der Waals surface area contributed by atoms with Crippen molar-refractivity contribution in [3.05, 3.63) is 53.1 Å². The molecule has 1 atom stereocenters. The standard InChI is InChI=1S/C27H38N4O3/c1-5-29-14-16-30(17-15-29)24-9-6-8-21-22(24)19-31(27(21)32)23(10-7-13-28-2)20-11-12-25(33-3)26(18-20)34-4/h6,8-9,11-12,18,23,28H,5,7,10,13-17,19H2,1-4H3/t23-/m1/s1. The number of rotatable bonds is 10. The van der Waals surface area contributed by atoms with Crippen LogP contribution in [-0.2, 0) is 6.54 Å². The second-order valence-corrected chi connectivity index (χ2v) is 9.03. The van der Waals surface area contributed by atoms with Crippen molar-refractivity contribution in [2.75, 3.05) is 65.4 Å². The van der Waals surface area contributed by atoms with E-state index >= 15 is 0 Å². The van der Waals surface area contributed by atoms with Gasteiger partial charge >= 0.3 is 0 Å². The Bertz CT molecular complexity index is 988. The van der Waals surface area contributed by atoms with Crippen molar-refractivity contribution in [1.29, 1.82) is 0 Å². The number of nitrogens with zero attached hydrogens (tertiary/aromatic N) is 3. The molecule has 0 aromatic heterocycles. The van der Waals surface area contributed by atoms with Gasteiger partial charge in [0.1, 0.15) is 0 Å². The summed E-state index contributed by atoms with van der Waals surface area (Å²) in [6, 6.07) is 12.2. The predicted molar refractivity (Wildman–Crippen MR) is 136 cm³/mol. The molecule has 2 heterocycles. The number of fused-ring (bicyclic) bond motifs is 1. The largest absolute Gasteiger partial charge is 0.493 e. The van der Waals surface area contributed by atoms with Crippen LogP contribution in [0.15, 0.2) is 36.4 Å². The van der Waals surface area contributed by atoms with Gasteiger partial charge in [0.2, 0.25) is 0 Å². The molecule has 1 saturated heterocycles. The number of hydrogen-bond donors (Lipinski definition) is 1. The Morgan fingerprint density at radius 2 is 1.79 bits per heavy atom. The molecule has 1 N–H and O–H groups in total. The van der Waals surface area contributed by atoms with E-state index in [9.17, 15) is 4.79 Å². The van der Waals surface area contributed by atoms with Crippen LogP contribution in [0.4, 0.5) is 5.69 Å². The Labute approximate surface area is 203 Å². The minimum Gasteiger partial charge on any atom is -0.493 e. The fourth-order valence-electron chi connectivity index (χ4n) is 5.23. The fourth-order valence-corrected chi connectivity index (χ4v) is 5.23. The fraction of sp³-hybridized carbons (Fsp3) is 0.519. The van der Waals surface area contributed by atoms with Gasteiger partial charge in [0, 0.05) is 49.5 Å². The van der Waals surface area contributed by atoms with Gasteiger partial charge in [0.25, 0.3) is 5.91 Å². The molecule has 1 fully saturated rings. The number of carbonyl (C=O) groups excluding carboxylic acids is 1. The number of piperazine rings is 1. The highest BCUT2D eigenvalue weighted by atomic mass is 16.5. The zero-order chi connectivity index (χ0) is 24.1. The first-order chi connectivity index (χ1) is 16.6. The minimum atomic E-state index is -0.0298. The predicted octanol–water partition coefficient (Wildman–Crippen LogP) is 3.54. The van der Waals surface area contributed by atoms with Gasteiger partial charge < -0.3 is 29.5 Å². The molecule has 0 radical (unpaired) electrons. The molecule has 4 rings (SSSR count). The Kier molecular flexibility index (Phi) is 7.95. The highest BCUT2D eigenvalue weighted by molar-refractivity contribution is 6.00. The van der Waals surface area contributed by atoms with Gasteiger partial charge in [0.15, 0.2) is 11.5 Å². The third-order valence-corrected chi connectivity index (χ3v) is 7.20. The summed E-state index contributed by atoms with van der Waals surface area (Å²) in [5.74, 6) is 1.51. The van der Waals surface area contributed by atoms with Gasteiger partial charge in [-0.05, 0) is 62.8 Å². The lowest BCUT2D eigenvalue weighted by Gasteiger charge is -2.36. The molecule has 184 valence electrons. The summed E-state index contributed by atoms with van der Waals surface area (Å²) in [4.78, 5) is 20.7. The average molecular weight is 467 g/mol. The SMILES string of the molecule is CCN1CCN(c2cccc3c2CN([C@H](CCCNC)c2ccc(OC)c(OC)c2)C3=O)CC1. The number of nitrogens with one attached hydrogen (secondary N) is 1. The summed E-state index contributed by atoms with van der Waals surface area (Å²) in [6.45, 7) is 8.98.